The van der Waals surface area contributed by atoms with Crippen molar-refractivity contribution in [3.63, 3.8) is 0 Å². The van der Waals surface area contributed by atoms with Gasteiger partial charge >= 0.3 is 6.09 Å². The van der Waals surface area contributed by atoms with E-state index in [0.29, 0.717) is 16.8 Å². The van der Waals surface area contributed by atoms with E-state index in [1.54, 1.807) is 4.57 Å². The molecule has 0 saturated heterocycles. The second-order valence-electron chi connectivity index (χ2n) is 9.85. The Labute approximate surface area is 179 Å². The molecule has 1 atom stereocenters. The Balaban J connectivity index is 2.25. The fraction of sp³-hybridized carbons (Fsp3) is 0.360. The SMILES string of the molecule is C[C@H](c1cccc([Si](C)(C)C)c1)c1c(C=O)c2ccccc2n1C(=O)OC(C)(C)C. The van der Waals surface area contributed by atoms with Crippen LogP contribution in [0.15, 0.2) is 48.5 Å². The van der Waals surface area contributed by atoms with Crippen LogP contribution in [0.4, 0.5) is 4.79 Å². The molecule has 0 saturated carbocycles. The van der Waals surface area contributed by atoms with Gasteiger partial charge < -0.3 is 4.74 Å². The van der Waals surface area contributed by atoms with Crippen molar-refractivity contribution in [3.05, 3.63) is 65.4 Å². The van der Waals surface area contributed by atoms with Crippen LogP contribution in [0.3, 0.4) is 0 Å². The molecule has 4 nitrogen and oxygen atoms in total. The Morgan fingerprint density at radius 2 is 1.73 bits per heavy atom. The summed E-state index contributed by atoms with van der Waals surface area (Å²) < 4.78 is 7.29. The van der Waals surface area contributed by atoms with E-state index in [1.165, 1.54) is 5.19 Å². The van der Waals surface area contributed by atoms with Crippen molar-refractivity contribution in [3.8, 4) is 0 Å². The van der Waals surface area contributed by atoms with Gasteiger partial charge in [-0.2, -0.15) is 0 Å². The highest BCUT2D eigenvalue weighted by Gasteiger charge is 2.29. The van der Waals surface area contributed by atoms with E-state index in [9.17, 15) is 9.59 Å². The summed E-state index contributed by atoms with van der Waals surface area (Å²) >= 11 is 0. The summed E-state index contributed by atoms with van der Waals surface area (Å²) in [5.41, 5.74) is 2.36. The Morgan fingerprint density at radius 3 is 2.33 bits per heavy atom. The molecule has 0 N–H and O–H groups in total. The molecule has 3 rings (SSSR count). The topological polar surface area (TPSA) is 48.3 Å². The van der Waals surface area contributed by atoms with Crippen LogP contribution in [-0.2, 0) is 4.74 Å². The van der Waals surface area contributed by atoms with Crippen molar-refractivity contribution >= 4 is 36.5 Å². The molecule has 0 spiro atoms. The molecule has 0 aliphatic carbocycles. The zero-order valence-corrected chi connectivity index (χ0v) is 19.9. The first-order valence-corrected chi connectivity index (χ1v) is 13.9. The molecule has 1 heterocycles. The minimum atomic E-state index is -1.50. The van der Waals surface area contributed by atoms with Gasteiger partial charge in [0.2, 0.25) is 0 Å². The molecule has 5 heteroatoms. The van der Waals surface area contributed by atoms with Crippen molar-refractivity contribution < 1.29 is 14.3 Å². The third-order valence-electron chi connectivity index (χ3n) is 5.31. The fourth-order valence-corrected chi connectivity index (χ4v) is 4.97. The number of aromatic nitrogens is 1. The zero-order chi connectivity index (χ0) is 22.3. The summed E-state index contributed by atoms with van der Waals surface area (Å²) in [5.74, 6) is -0.151. The predicted octanol–water partition coefficient (Wildman–Crippen LogP) is 5.93. The molecule has 0 amide bonds. The van der Waals surface area contributed by atoms with Crippen molar-refractivity contribution in [1.29, 1.82) is 0 Å². The number of para-hydroxylation sites is 1. The second-order valence-corrected chi connectivity index (χ2v) is 14.9. The maximum Gasteiger partial charge on any atom is 0.419 e. The highest BCUT2D eigenvalue weighted by Crippen LogP contribution is 2.34. The van der Waals surface area contributed by atoms with Crippen LogP contribution in [0.2, 0.25) is 19.6 Å². The molecule has 1 aromatic heterocycles. The van der Waals surface area contributed by atoms with E-state index < -0.39 is 19.8 Å². The van der Waals surface area contributed by atoms with Gasteiger partial charge in [0.1, 0.15) is 5.60 Å². The average molecular weight is 422 g/mol. The number of hydrogen-bond acceptors (Lipinski definition) is 3. The Bertz CT molecular complexity index is 1100. The van der Waals surface area contributed by atoms with Gasteiger partial charge in [0.25, 0.3) is 0 Å². The minimum absolute atomic E-state index is 0.151. The van der Waals surface area contributed by atoms with E-state index >= 15 is 0 Å². The van der Waals surface area contributed by atoms with E-state index in [-0.39, 0.29) is 5.92 Å². The molecule has 3 aromatic rings. The number of ether oxygens (including phenoxy) is 1. The number of aldehydes is 1. The first kappa shape index (κ1) is 22.0. The molecule has 0 aliphatic rings. The lowest BCUT2D eigenvalue weighted by Crippen LogP contribution is -2.37. The van der Waals surface area contributed by atoms with E-state index in [4.69, 9.17) is 4.74 Å². The third kappa shape index (κ3) is 4.26. The Morgan fingerprint density at radius 1 is 1.07 bits per heavy atom. The Kier molecular flexibility index (Phi) is 5.78. The summed E-state index contributed by atoms with van der Waals surface area (Å²) in [5, 5.41) is 2.11. The van der Waals surface area contributed by atoms with Gasteiger partial charge in [0, 0.05) is 22.6 Å². The fourth-order valence-electron chi connectivity index (χ4n) is 3.77. The number of benzene rings is 2. The average Bonchev–Trinajstić information content (AvgIpc) is 3.00. The van der Waals surface area contributed by atoms with E-state index in [0.717, 1.165) is 17.2 Å². The van der Waals surface area contributed by atoms with Crippen LogP contribution in [0, 0.1) is 0 Å². The highest BCUT2D eigenvalue weighted by molar-refractivity contribution is 6.88. The second kappa shape index (κ2) is 7.87. The highest BCUT2D eigenvalue weighted by atomic mass is 28.3. The summed E-state index contributed by atoms with van der Waals surface area (Å²) in [4.78, 5) is 25.4. The van der Waals surface area contributed by atoms with Gasteiger partial charge in [-0.1, -0.05) is 74.2 Å². The summed E-state index contributed by atoms with van der Waals surface area (Å²) in [7, 11) is -1.50. The molecule has 0 bridgehead atoms. The lowest BCUT2D eigenvalue weighted by molar-refractivity contribution is 0.0539. The monoisotopic (exact) mass is 421 g/mol. The lowest BCUT2D eigenvalue weighted by Gasteiger charge is -2.23. The number of nitrogens with zero attached hydrogens (tertiary/aromatic N) is 1. The van der Waals surface area contributed by atoms with Crippen LogP contribution in [0.25, 0.3) is 10.9 Å². The first-order valence-electron chi connectivity index (χ1n) is 10.4. The van der Waals surface area contributed by atoms with Gasteiger partial charge in [-0.25, -0.2) is 9.36 Å². The number of carbonyl (C=O) groups is 2. The van der Waals surface area contributed by atoms with Crippen molar-refractivity contribution in [2.75, 3.05) is 0 Å². The standard InChI is InChI=1S/C25H31NO3Si/c1-17(18-11-10-12-19(15-18)30(5,6)7)23-21(16-27)20-13-8-9-14-22(20)26(23)24(28)29-25(2,3)4/h8-17H,1-7H3/t17-/m1/s1. The first-order chi connectivity index (χ1) is 13.9. The predicted molar refractivity (Wildman–Crippen MR) is 126 cm³/mol. The third-order valence-corrected chi connectivity index (χ3v) is 7.35. The van der Waals surface area contributed by atoms with Gasteiger partial charge in [0.15, 0.2) is 6.29 Å². The van der Waals surface area contributed by atoms with Crippen molar-refractivity contribution in [2.45, 2.75) is 58.9 Å². The van der Waals surface area contributed by atoms with E-state index in [2.05, 4.69) is 43.9 Å². The molecular formula is C25H31NO3Si. The van der Waals surface area contributed by atoms with Crippen LogP contribution in [0.5, 0.6) is 0 Å². The maximum absolute atomic E-state index is 13.2. The smallest absolute Gasteiger partial charge is 0.419 e. The molecular weight excluding hydrogens is 390 g/mol. The van der Waals surface area contributed by atoms with Crippen LogP contribution in [0.1, 0.15) is 55.2 Å². The number of fused-ring (bicyclic) bond motifs is 1. The quantitative estimate of drug-likeness (QED) is 0.387. The molecule has 2 aromatic carbocycles. The van der Waals surface area contributed by atoms with Crippen LogP contribution >= 0.6 is 0 Å². The van der Waals surface area contributed by atoms with Crippen LogP contribution < -0.4 is 5.19 Å². The summed E-state index contributed by atoms with van der Waals surface area (Å²) in [6.45, 7) is 14.5. The number of rotatable bonds is 4. The number of carbonyl (C=O) groups excluding carboxylic acids is 2. The minimum Gasteiger partial charge on any atom is -0.443 e. The van der Waals surface area contributed by atoms with Gasteiger partial charge in [-0.05, 0) is 32.4 Å². The molecule has 0 fully saturated rings. The van der Waals surface area contributed by atoms with Gasteiger partial charge in [-0.3, -0.25) is 4.79 Å². The van der Waals surface area contributed by atoms with Gasteiger partial charge in [0.05, 0.1) is 13.6 Å². The molecule has 0 aliphatic heterocycles. The lowest BCUT2D eigenvalue weighted by atomic mass is 9.94. The van der Waals surface area contributed by atoms with Crippen LogP contribution in [-0.4, -0.2) is 30.6 Å². The Hall–Kier alpha value is -2.66. The van der Waals surface area contributed by atoms with Crippen molar-refractivity contribution in [2.24, 2.45) is 0 Å². The largest absolute Gasteiger partial charge is 0.443 e. The molecule has 0 unspecified atom stereocenters. The van der Waals surface area contributed by atoms with Gasteiger partial charge in [-0.15, -0.1) is 0 Å². The van der Waals surface area contributed by atoms with E-state index in [1.807, 2.05) is 52.0 Å². The summed E-state index contributed by atoms with van der Waals surface area (Å²) in [6.07, 6.45) is 0.396. The van der Waals surface area contributed by atoms with Crippen molar-refractivity contribution in [1.82, 2.24) is 4.57 Å². The summed E-state index contributed by atoms with van der Waals surface area (Å²) in [6, 6.07) is 16.0. The molecule has 30 heavy (non-hydrogen) atoms. The zero-order valence-electron chi connectivity index (χ0n) is 18.9. The molecule has 158 valence electrons. The molecule has 0 radical (unpaired) electrons. The normalized spacial score (nSPS) is 13.3. The number of hydrogen-bond donors (Lipinski definition) is 0. The maximum atomic E-state index is 13.2.